The maximum atomic E-state index is 2.20. The molecule has 0 nitrogen and oxygen atoms in total. The van der Waals surface area contributed by atoms with E-state index in [0.717, 1.165) is 0 Å². The van der Waals surface area contributed by atoms with Gasteiger partial charge in [-0.3, -0.25) is 0 Å². The fourth-order valence-electron chi connectivity index (χ4n) is 0.464. The molecule has 0 aromatic heterocycles. The first kappa shape index (κ1) is 11.7. The molecule has 0 heterocycles. The van der Waals surface area contributed by atoms with Crippen molar-refractivity contribution in [3.05, 3.63) is 29.0 Å². The van der Waals surface area contributed by atoms with E-state index in [9.17, 15) is 0 Å². The van der Waals surface area contributed by atoms with Gasteiger partial charge < -0.3 is 7.43 Å². The number of hydrogen-bond acceptors (Lipinski definition) is 0. The standard InChI is InChI=1S/C5H5.CH3.In.Zn/c1-2-4-5-3-1;;;/h1-3H,4H2;1H3;;/q;-1;;. The first-order valence-corrected chi connectivity index (χ1v) is 3.65. The van der Waals surface area contributed by atoms with Crippen molar-refractivity contribution >= 4 is 24.4 Å². The Kier molecular flexibility index (Phi) is 8.94. The van der Waals surface area contributed by atoms with Crippen LogP contribution in [0.5, 0.6) is 0 Å². The maximum absolute atomic E-state index is 2.20. The second-order valence-corrected chi connectivity index (χ2v) is 3.49. The van der Waals surface area contributed by atoms with Crippen LogP contribution in [0.1, 0.15) is 6.42 Å². The van der Waals surface area contributed by atoms with E-state index < -0.39 is 0 Å². The van der Waals surface area contributed by atoms with Crippen LogP contribution in [0.15, 0.2) is 21.6 Å². The summed E-state index contributed by atoms with van der Waals surface area (Å²) >= 11 is 1.31. The summed E-state index contributed by atoms with van der Waals surface area (Å²) in [4.78, 5) is 0. The van der Waals surface area contributed by atoms with Crippen LogP contribution in [-0.4, -0.2) is 24.4 Å². The van der Waals surface area contributed by atoms with Crippen molar-refractivity contribution in [3.63, 3.8) is 0 Å². The molecule has 2 radical (unpaired) electrons. The third kappa shape index (κ3) is 3.91. The normalized spacial score (nSPS) is 13.8. The molecule has 0 unspecified atom stereocenters. The topological polar surface area (TPSA) is 0 Å². The van der Waals surface area contributed by atoms with E-state index in [1.807, 2.05) is 0 Å². The first-order valence-electron chi connectivity index (χ1n) is 2.01. The van der Waals surface area contributed by atoms with Gasteiger partial charge in [-0.05, 0) is 0 Å². The minimum atomic E-state index is 0. The largest absolute Gasteiger partial charge is 0 e. The van der Waals surface area contributed by atoms with Gasteiger partial charge in [0.25, 0.3) is 0 Å². The van der Waals surface area contributed by atoms with Gasteiger partial charge in [0.05, 0.1) is 0 Å². The molecule has 0 N–H and O–H groups in total. The van der Waals surface area contributed by atoms with Gasteiger partial charge in [0.15, 0.2) is 0 Å². The molecule has 0 aromatic carbocycles. The molecule has 0 atom stereocenters. The van der Waals surface area contributed by atoms with Gasteiger partial charge in [-0.15, -0.1) is 0 Å². The molecule has 2 heteroatoms. The van der Waals surface area contributed by atoms with Gasteiger partial charge in [-0.1, -0.05) is 0 Å². The molecule has 1 aliphatic carbocycles. The minimum Gasteiger partial charge on any atom is 0 e. The van der Waals surface area contributed by atoms with E-state index in [4.69, 9.17) is 0 Å². The zero-order chi connectivity index (χ0) is 4.41. The zero-order valence-corrected chi connectivity index (χ0v) is 11.5. The molecule has 1 rings (SSSR count). The quantitative estimate of drug-likeness (QED) is 0.457. The third-order valence-corrected chi connectivity index (χ3v) is 2.02. The smallest absolute Gasteiger partial charge is 0 e. The summed E-state index contributed by atoms with van der Waals surface area (Å²) in [6.45, 7) is 0. The second kappa shape index (κ2) is 6.10. The molecule has 0 spiro atoms. The van der Waals surface area contributed by atoms with Gasteiger partial charge in [-0.25, -0.2) is 0 Å². The van der Waals surface area contributed by atoms with Crippen LogP contribution < -0.4 is 0 Å². The van der Waals surface area contributed by atoms with Gasteiger partial charge in [-0.2, -0.15) is 0 Å². The number of hydrogen-bond donors (Lipinski definition) is 0. The van der Waals surface area contributed by atoms with Crippen LogP contribution in [0.4, 0.5) is 0 Å². The van der Waals surface area contributed by atoms with Crippen LogP contribution in [0, 0.1) is 7.43 Å². The van der Waals surface area contributed by atoms with E-state index in [1.54, 1.807) is 3.33 Å². The van der Waals surface area contributed by atoms with Gasteiger partial charge in [0, 0.05) is 19.5 Å². The van der Waals surface area contributed by atoms with Crippen LogP contribution >= 0.6 is 0 Å². The van der Waals surface area contributed by atoms with Crippen molar-refractivity contribution in [2.24, 2.45) is 0 Å². The Labute approximate surface area is 78.8 Å². The minimum absolute atomic E-state index is 0. The fraction of sp³-hybridized carbons (Fsp3) is 0.167. The van der Waals surface area contributed by atoms with E-state index in [2.05, 4.69) is 18.2 Å². The summed E-state index contributed by atoms with van der Waals surface area (Å²) in [5.41, 5.74) is 0. The summed E-state index contributed by atoms with van der Waals surface area (Å²) in [6, 6.07) is 0. The summed E-state index contributed by atoms with van der Waals surface area (Å²) in [6.07, 6.45) is 7.74. The molecule has 0 aromatic rings. The van der Waals surface area contributed by atoms with Crippen molar-refractivity contribution in [1.82, 2.24) is 0 Å². The summed E-state index contributed by atoms with van der Waals surface area (Å²) in [5.74, 6) is 0. The molecular formula is C6H8InZn-. The predicted molar refractivity (Wildman–Crippen MR) is 34.0 cm³/mol. The Morgan fingerprint density at radius 3 is 2.25 bits per heavy atom. The fourth-order valence-corrected chi connectivity index (χ4v) is 1.17. The van der Waals surface area contributed by atoms with Crippen LogP contribution in [0.2, 0.25) is 0 Å². The summed E-state index contributed by atoms with van der Waals surface area (Å²) in [5, 5.41) is 0. The number of allylic oxidation sites excluding steroid dienone is 4. The average molecular weight is 260 g/mol. The van der Waals surface area contributed by atoms with E-state index in [0.29, 0.717) is 0 Å². The van der Waals surface area contributed by atoms with Crippen LogP contribution in [0.3, 0.4) is 0 Å². The molecule has 0 saturated carbocycles. The Hall–Kier alpha value is 0.974. The maximum Gasteiger partial charge on any atom is 0 e. The first-order chi connectivity index (χ1) is 2.89. The van der Waals surface area contributed by atoms with E-state index in [-0.39, 0.29) is 26.9 Å². The molecule has 0 fully saturated rings. The second-order valence-electron chi connectivity index (χ2n) is 1.37. The van der Waals surface area contributed by atoms with E-state index >= 15 is 0 Å². The van der Waals surface area contributed by atoms with Crippen molar-refractivity contribution in [1.29, 1.82) is 0 Å². The van der Waals surface area contributed by atoms with Gasteiger partial charge in [0.2, 0.25) is 0 Å². The molecular weight excluding hydrogens is 252 g/mol. The van der Waals surface area contributed by atoms with Crippen LogP contribution in [0.25, 0.3) is 0 Å². The van der Waals surface area contributed by atoms with Gasteiger partial charge >= 0.3 is 52.4 Å². The predicted octanol–water partition coefficient (Wildman–Crippen LogP) is 1.45. The molecule has 0 bridgehead atoms. The van der Waals surface area contributed by atoms with Crippen molar-refractivity contribution in [3.8, 4) is 0 Å². The Morgan fingerprint density at radius 1 is 1.50 bits per heavy atom. The van der Waals surface area contributed by atoms with Crippen molar-refractivity contribution in [2.45, 2.75) is 6.42 Å². The summed E-state index contributed by atoms with van der Waals surface area (Å²) in [7, 11) is 0. The molecule has 0 aliphatic heterocycles. The molecule has 1 aliphatic rings. The van der Waals surface area contributed by atoms with Crippen molar-refractivity contribution in [2.75, 3.05) is 0 Å². The molecule has 0 amide bonds. The average Bonchev–Trinajstić information content (AvgIpc) is 1.86. The number of rotatable bonds is 0. The van der Waals surface area contributed by atoms with E-state index in [1.165, 1.54) is 30.8 Å². The third-order valence-electron chi connectivity index (χ3n) is 0.800. The zero-order valence-electron chi connectivity index (χ0n) is 5.22. The molecule has 8 heavy (non-hydrogen) atoms. The monoisotopic (exact) mass is 259 g/mol. The van der Waals surface area contributed by atoms with Crippen LogP contribution in [-0.2, 0) is 19.5 Å². The molecule has 38 valence electrons. The van der Waals surface area contributed by atoms with Crippen molar-refractivity contribution < 1.29 is 19.5 Å². The molecule has 0 saturated heterocycles. The Bertz CT molecular complexity index is 105. The Balaban J connectivity index is 0. The Morgan fingerprint density at radius 2 is 2.12 bits per heavy atom. The summed E-state index contributed by atoms with van der Waals surface area (Å²) < 4.78 is 1.60. The van der Waals surface area contributed by atoms with Gasteiger partial charge in [0.1, 0.15) is 0 Å². The SMILES string of the molecule is [CH3-].[In][C]1=CC=CC1.[Zn].